The van der Waals surface area contributed by atoms with Crippen LogP contribution in [0.4, 0.5) is 13.2 Å². The Morgan fingerprint density at radius 2 is 1.74 bits per heavy atom. The summed E-state index contributed by atoms with van der Waals surface area (Å²) in [6, 6.07) is 8.01. The first kappa shape index (κ1) is 19.3. The van der Waals surface area contributed by atoms with Gasteiger partial charge in [-0.3, -0.25) is 10.0 Å². The molecule has 2 N–H and O–H groups in total. The van der Waals surface area contributed by atoms with Gasteiger partial charge in [0.05, 0.1) is 10.5 Å². The van der Waals surface area contributed by atoms with Crippen LogP contribution in [0.25, 0.3) is 0 Å². The van der Waals surface area contributed by atoms with E-state index in [1.165, 1.54) is 17.6 Å². The summed E-state index contributed by atoms with van der Waals surface area (Å²) in [7, 11) is -3.99. The van der Waals surface area contributed by atoms with Gasteiger partial charge in [-0.15, -0.1) is 0 Å². The topological polar surface area (TPSA) is 86.7 Å². The normalized spacial score (nSPS) is 15.3. The largest absolute Gasteiger partial charge is 0.416 e. The van der Waals surface area contributed by atoms with Crippen molar-refractivity contribution in [1.29, 1.82) is 0 Å². The van der Waals surface area contributed by atoms with E-state index in [1.54, 1.807) is 6.07 Å². The SMILES string of the molecule is O=C(NO)c1ccc2c(c1)CN(S(=O)(=O)c1ccc(C(F)(F)F)cc1)CC2. The third-order valence-corrected chi connectivity index (χ3v) is 6.23. The molecule has 3 rings (SSSR count). The highest BCUT2D eigenvalue weighted by Gasteiger charge is 2.32. The third kappa shape index (κ3) is 3.82. The van der Waals surface area contributed by atoms with E-state index in [2.05, 4.69) is 0 Å². The van der Waals surface area contributed by atoms with Crippen molar-refractivity contribution >= 4 is 15.9 Å². The van der Waals surface area contributed by atoms with E-state index >= 15 is 0 Å². The molecule has 10 heteroatoms. The maximum atomic E-state index is 12.8. The molecule has 1 heterocycles. The molecule has 6 nitrogen and oxygen atoms in total. The zero-order valence-electron chi connectivity index (χ0n) is 13.8. The lowest BCUT2D eigenvalue weighted by Gasteiger charge is -2.28. The minimum Gasteiger partial charge on any atom is -0.288 e. The van der Waals surface area contributed by atoms with Crippen molar-refractivity contribution in [2.75, 3.05) is 6.54 Å². The minimum absolute atomic E-state index is 0.0226. The van der Waals surface area contributed by atoms with E-state index in [0.717, 1.165) is 34.1 Å². The van der Waals surface area contributed by atoms with Crippen LogP contribution in [0.5, 0.6) is 0 Å². The van der Waals surface area contributed by atoms with Crippen molar-refractivity contribution < 1.29 is 31.6 Å². The summed E-state index contributed by atoms with van der Waals surface area (Å²) in [5.41, 5.74) is 2.22. The molecule has 0 aromatic heterocycles. The molecule has 1 aliphatic heterocycles. The maximum absolute atomic E-state index is 12.8. The summed E-state index contributed by atoms with van der Waals surface area (Å²) in [5.74, 6) is -0.722. The van der Waals surface area contributed by atoms with Crippen LogP contribution in [0.15, 0.2) is 47.4 Å². The first-order valence-electron chi connectivity index (χ1n) is 7.86. The van der Waals surface area contributed by atoms with Crippen molar-refractivity contribution in [3.8, 4) is 0 Å². The first-order valence-corrected chi connectivity index (χ1v) is 9.30. The Morgan fingerprint density at radius 1 is 1.07 bits per heavy atom. The summed E-state index contributed by atoms with van der Waals surface area (Å²) in [5, 5.41) is 8.72. The molecule has 0 bridgehead atoms. The molecule has 0 saturated carbocycles. The summed E-state index contributed by atoms with van der Waals surface area (Å²) in [4.78, 5) is 11.3. The Kier molecular flexibility index (Phi) is 4.98. The number of benzene rings is 2. The van der Waals surface area contributed by atoms with E-state index in [9.17, 15) is 26.4 Å². The number of amides is 1. The number of sulfonamides is 1. The smallest absolute Gasteiger partial charge is 0.288 e. The Bertz CT molecular complexity index is 973. The van der Waals surface area contributed by atoms with Gasteiger partial charge in [-0.1, -0.05) is 6.07 Å². The van der Waals surface area contributed by atoms with E-state index in [4.69, 9.17) is 5.21 Å². The Labute approximate surface area is 153 Å². The fourth-order valence-corrected chi connectivity index (χ4v) is 4.33. The number of fused-ring (bicyclic) bond motifs is 1. The monoisotopic (exact) mass is 400 g/mol. The highest BCUT2D eigenvalue weighted by Crippen LogP contribution is 2.31. The fraction of sp³-hybridized carbons (Fsp3) is 0.235. The number of carbonyl (C=O) groups excluding carboxylic acids is 1. The summed E-state index contributed by atoms with van der Waals surface area (Å²) in [6.07, 6.45) is -4.15. The number of nitrogens with one attached hydrogen (secondary N) is 1. The predicted molar refractivity (Wildman–Crippen MR) is 88.4 cm³/mol. The number of hydrogen-bond donors (Lipinski definition) is 2. The van der Waals surface area contributed by atoms with Crippen LogP contribution < -0.4 is 5.48 Å². The Hall–Kier alpha value is -2.43. The Morgan fingerprint density at radius 3 is 2.33 bits per heavy atom. The average Bonchev–Trinajstić information content (AvgIpc) is 2.65. The molecule has 0 saturated heterocycles. The molecule has 144 valence electrons. The molecule has 1 aliphatic rings. The van der Waals surface area contributed by atoms with E-state index < -0.39 is 27.7 Å². The number of carbonyl (C=O) groups is 1. The maximum Gasteiger partial charge on any atom is 0.416 e. The van der Waals surface area contributed by atoms with Crippen molar-refractivity contribution in [2.45, 2.75) is 24.0 Å². The number of hydroxylamine groups is 1. The van der Waals surface area contributed by atoms with Crippen LogP contribution in [0.2, 0.25) is 0 Å². The number of alkyl halides is 3. The highest BCUT2D eigenvalue weighted by molar-refractivity contribution is 7.89. The molecular weight excluding hydrogens is 385 g/mol. The average molecular weight is 400 g/mol. The first-order chi connectivity index (χ1) is 12.6. The Balaban J connectivity index is 1.88. The van der Waals surface area contributed by atoms with Crippen LogP contribution in [0, 0.1) is 0 Å². The van der Waals surface area contributed by atoms with Crippen LogP contribution in [-0.4, -0.2) is 30.4 Å². The molecule has 0 aliphatic carbocycles. The van der Waals surface area contributed by atoms with Gasteiger partial charge in [0.25, 0.3) is 5.91 Å². The number of halogens is 3. The number of nitrogens with zero attached hydrogens (tertiary/aromatic N) is 1. The second kappa shape index (κ2) is 6.95. The quantitative estimate of drug-likeness (QED) is 0.613. The van der Waals surface area contributed by atoms with Gasteiger partial charge in [0.15, 0.2) is 0 Å². The van der Waals surface area contributed by atoms with Crippen LogP contribution >= 0.6 is 0 Å². The van der Waals surface area contributed by atoms with Gasteiger partial charge in [-0.2, -0.15) is 17.5 Å². The lowest BCUT2D eigenvalue weighted by Crippen LogP contribution is -2.36. The lowest BCUT2D eigenvalue weighted by molar-refractivity contribution is -0.137. The number of hydrogen-bond acceptors (Lipinski definition) is 4. The number of rotatable bonds is 3. The molecule has 1 amide bonds. The minimum atomic E-state index is -4.55. The zero-order chi connectivity index (χ0) is 19.8. The molecule has 0 atom stereocenters. The van der Waals surface area contributed by atoms with Gasteiger partial charge in [0, 0.05) is 18.7 Å². The zero-order valence-corrected chi connectivity index (χ0v) is 14.6. The van der Waals surface area contributed by atoms with Gasteiger partial charge in [-0.25, -0.2) is 13.9 Å². The molecule has 0 unspecified atom stereocenters. The van der Waals surface area contributed by atoms with Gasteiger partial charge in [0.1, 0.15) is 0 Å². The van der Waals surface area contributed by atoms with Gasteiger partial charge < -0.3 is 0 Å². The van der Waals surface area contributed by atoms with Crippen LogP contribution in [0.3, 0.4) is 0 Å². The van der Waals surface area contributed by atoms with Gasteiger partial charge in [-0.05, 0) is 53.9 Å². The summed E-state index contributed by atoms with van der Waals surface area (Å²) in [6.45, 7) is 0.146. The van der Waals surface area contributed by atoms with Crippen molar-refractivity contribution in [2.24, 2.45) is 0 Å². The van der Waals surface area contributed by atoms with Gasteiger partial charge >= 0.3 is 6.18 Å². The standard InChI is InChI=1S/C17H15F3N2O4S/c18-17(19,20)14-3-5-15(6-4-14)27(25,26)22-8-7-11-1-2-12(16(23)21-24)9-13(11)10-22/h1-6,9,24H,7-8,10H2,(H,21,23). The van der Waals surface area contributed by atoms with Crippen molar-refractivity contribution in [3.05, 3.63) is 64.7 Å². The van der Waals surface area contributed by atoms with Crippen molar-refractivity contribution in [1.82, 2.24) is 9.79 Å². The van der Waals surface area contributed by atoms with Crippen LogP contribution in [-0.2, 0) is 29.2 Å². The van der Waals surface area contributed by atoms with Crippen LogP contribution in [0.1, 0.15) is 27.0 Å². The third-order valence-electron chi connectivity index (χ3n) is 4.37. The second-order valence-electron chi connectivity index (χ2n) is 6.04. The molecule has 0 radical (unpaired) electrons. The molecule has 0 fully saturated rings. The lowest BCUT2D eigenvalue weighted by atomic mass is 9.98. The van der Waals surface area contributed by atoms with E-state index in [-0.39, 0.29) is 23.5 Å². The van der Waals surface area contributed by atoms with Gasteiger partial charge in [0.2, 0.25) is 10.0 Å². The van der Waals surface area contributed by atoms with Crippen molar-refractivity contribution in [3.63, 3.8) is 0 Å². The molecule has 27 heavy (non-hydrogen) atoms. The predicted octanol–water partition coefficient (Wildman–Crippen LogP) is 2.57. The summed E-state index contributed by atoms with van der Waals surface area (Å²) < 4.78 is 64.6. The van der Waals surface area contributed by atoms with E-state index in [1.807, 2.05) is 0 Å². The molecule has 2 aromatic rings. The fourth-order valence-electron chi connectivity index (χ4n) is 2.91. The molecule has 2 aromatic carbocycles. The van der Waals surface area contributed by atoms with E-state index in [0.29, 0.717) is 12.0 Å². The molecular formula is C17H15F3N2O4S. The second-order valence-corrected chi connectivity index (χ2v) is 7.97. The molecule has 0 spiro atoms. The highest BCUT2D eigenvalue weighted by atomic mass is 32.2. The summed E-state index contributed by atoms with van der Waals surface area (Å²) >= 11 is 0.